The highest BCUT2D eigenvalue weighted by Gasteiger charge is 2.13. The van der Waals surface area contributed by atoms with Crippen LogP contribution in [0.2, 0.25) is 0 Å². The average molecular weight is 268 g/mol. The van der Waals surface area contributed by atoms with E-state index in [2.05, 4.69) is 79.6 Å². The number of hydrogen-bond donors (Lipinski definition) is 1. The van der Waals surface area contributed by atoms with Gasteiger partial charge in [0.05, 0.1) is 0 Å². The summed E-state index contributed by atoms with van der Waals surface area (Å²) in [6.07, 6.45) is 0. The second-order valence-corrected chi connectivity index (χ2v) is 5.40. The van der Waals surface area contributed by atoms with Crippen LogP contribution in [0, 0.1) is 6.92 Å². The fraction of sp³-hybridized carbons (Fsp3) is 0.333. The highest BCUT2D eigenvalue weighted by Crippen LogP contribution is 2.25. The van der Waals surface area contributed by atoms with E-state index >= 15 is 0 Å². The zero-order chi connectivity index (χ0) is 14.5. The first-order chi connectivity index (χ1) is 9.61. The molecule has 0 aliphatic rings. The summed E-state index contributed by atoms with van der Waals surface area (Å²) in [6.45, 7) is 5.35. The van der Waals surface area contributed by atoms with Crippen molar-refractivity contribution in [3.63, 3.8) is 0 Å². The maximum Gasteiger partial charge on any atom is 0.0370 e. The number of anilines is 1. The van der Waals surface area contributed by atoms with Crippen LogP contribution in [-0.4, -0.2) is 19.0 Å². The molecule has 0 aromatic heterocycles. The maximum absolute atomic E-state index is 3.26. The second-order valence-electron chi connectivity index (χ2n) is 5.40. The SMILES string of the molecule is CNc1cc([C@@H](C)N(C)Cc2ccccc2)ccc1C. The minimum absolute atomic E-state index is 0.392. The van der Waals surface area contributed by atoms with Gasteiger partial charge in [-0.15, -0.1) is 0 Å². The normalized spacial score (nSPS) is 12.4. The van der Waals surface area contributed by atoms with Crippen molar-refractivity contribution in [2.75, 3.05) is 19.4 Å². The highest BCUT2D eigenvalue weighted by atomic mass is 15.1. The molecule has 106 valence electrons. The first-order valence-electron chi connectivity index (χ1n) is 7.14. The molecule has 2 nitrogen and oxygen atoms in total. The molecule has 0 aliphatic heterocycles. The van der Waals surface area contributed by atoms with Gasteiger partial charge in [0.15, 0.2) is 0 Å². The first-order valence-corrected chi connectivity index (χ1v) is 7.14. The number of hydrogen-bond acceptors (Lipinski definition) is 2. The Morgan fingerprint density at radius 2 is 1.80 bits per heavy atom. The summed E-state index contributed by atoms with van der Waals surface area (Å²) in [4.78, 5) is 2.37. The molecule has 0 radical (unpaired) electrons. The molecule has 2 aromatic rings. The Morgan fingerprint density at radius 1 is 1.10 bits per heavy atom. The van der Waals surface area contributed by atoms with Crippen LogP contribution in [0.4, 0.5) is 5.69 Å². The zero-order valence-electron chi connectivity index (χ0n) is 12.9. The molecule has 2 aromatic carbocycles. The van der Waals surface area contributed by atoms with Gasteiger partial charge in [-0.05, 0) is 43.7 Å². The van der Waals surface area contributed by atoms with E-state index in [4.69, 9.17) is 0 Å². The lowest BCUT2D eigenvalue weighted by Gasteiger charge is -2.26. The van der Waals surface area contributed by atoms with Crippen molar-refractivity contribution < 1.29 is 0 Å². The number of nitrogens with zero attached hydrogens (tertiary/aromatic N) is 1. The predicted octanol–water partition coefficient (Wildman–Crippen LogP) is 4.23. The summed E-state index contributed by atoms with van der Waals surface area (Å²) < 4.78 is 0. The third kappa shape index (κ3) is 3.40. The molecule has 0 saturated carbocycles. The molecular formula is C18H24N2. The van der Waals surface area contributed by atoms with Gasteiger partial charge >= 0.3 is 0 Å². The third-order valence-electron chi connectivity index (χ3n) is 3.95. The summed E-state index contributed by atoms with van der Waals surface area (Å²) in [6, 6.07) is 17.7. The Morgan fingerprint density at radius 3 is 2.45 bits per heavy atom. The Hall–Kier alpha value is -1.80. The smallest absolute Gasteiger partial charge is 0.0370 e. The van der Waals surface area contributed by atoms with Gasteiger partial charge in [-0.3, -0.25) is 4.90 Å². The van der Waals surface area contributed by atoms with E-state index < -0.39 is 0 Å². The van der Waals surface area contributed by atoms with Crippen LogP contribution in [-0.2, 0) is 6.54 Å². The topological polar surface area (TPSA) is 15.3 Å². The van der Waals surface area contributed by atoms with Crippen molar-refractivity contribution in [3.05, 3.63) is 65.2 Å². The van der Waals surface area contributed by atoms with E-state index in [9.17, 15) is 0 Å². The van der Waals surface area contributed by atoms with Crippen LogP contribution in [0.15, 0.2) is 48.5 Å². The predicted molar refractivity (Wildman–Crippen MR) is 87.0 cm³/mol. The van der Waals surface area contributed by atoms with Gasteiger partial charge in [0.2, 0.25) is 0 Å². The van der Waals surface area contributed by atoms with Gasteiger partial charge in [0.1, 0.15) is 0 Å². The molecule has 0 bridgehead atoms. The largest absolute Gasteiger partial charge is 0.388 e. The lowest BCUT2D eigenvalue weighted by molar-refractivity contribution is 0.253. The van der Waals surface area contributed by atoms with Crippen molar-refractivity contribution in [2.24, 2.45) is 0 Å². The molecule has 0 saturated heterocycles. The van der Waals surface area contributed by atoms with Crippen molar-refractivity contribution >= 4 is 5.69 Å². The molecule has 20 heavy (non-hydrogen) atoms. The number of nitrogens with one attached hydrogen (secondary N) is 1. The van der Waals surface area contributed by atoms with E-state index in [1.54, 1.807) is 0 Å². The van der Waals surface area contributed by atoms with Crippen molar-refractivity contribution in [1.82, 2.24) is 4.90 Å². The number of aryl methyl sites for hydroxylation is 1. The zero-order valence-corrected chi connectivity index (χ0v) is 12.9. The Labute approximate surface area is 122 Å². The van der Waals surface area contributed by atoms with Crippen molar-refractivity contribution in [1.29, 1.82) is 0 Å². The molecule has 2 heteroatoms. The van der Waals surface area contributed by atoms with Crippen LogP contribution in [0.1, 0.15) is 29.7 Å². The molecule has 0 unspecified atom stereocenters. The molecule has 1 N–H and O–H groups in total. The average Bonchev–Trinajstić information content (AvgIpc) is 2.48. The number of benzene rings is 2. The van der Waals surface area contributed by atoms with E-state index in [1.165, 1.54) is 22.4 Å². The minimum atomic E-state index is 0.392. The van der Waals surface area contributed by atoms with Gasteiger partial charge < -0.3 is 5.32 Å². The monoisotopic (exact) mass is 268 g/mol. The molecular weight excluding hydrogens is 244 g/mol. The molecule has 0 amide bonds. The molecule has 0 heterocycles. The highest BCUT2D eigenvalue weighted by molar-refractivity contribution is 5.52. The Balaban J connectivity index is 2.12. The Bertz CT molecular complexity index is 549. The fourth-order valence-electron chi connectivity index (χ4n) is 2.43. The molecule has 1 atom stereocenters. The maximum atomic E-state index is 3.26. The van der Waals surface area contributed by atoms with Gasteiger partial charge in [-0.2, -0.15) is 0 Å². The summed E-state index contributed by atoms with van der Waals surface area (Å²) in [7, 11) is 4.15. The summed E-state index contributed by atoms with van der Waals surface area (Å²) >= 11 is 0. The van der Waals surface area contributed by atoms with E-state index in [1.807, 2.05) is 7.05 Å². The molecule has 2 rings (SSSR count). The summed E-state index contributed by atoms with van der Waals surface area (Å²) in [5.41, 5.74) is 5.19. The van der Waals surface area contributed by atoms with Crippen LogP contribution in [0.25, 0.3) is 0 Å². The third-order valence-corrected chi connectivity index (χ3v) is 3.95. The van der Waals surface area contributed by atoms with Crippen LogP contribution in [0.3, 0.4) is 0 Å². The molecule has 0 fully saturated rings. The van der Waals surface area contributed by atoms with Gasteiger partial charge in [0.25, 0.3) is 0 Å². The van der Waals surface area contributed by atoms with Crippen LogP contribution >= 0.6 is 0 Å². The van der Waals surface area contributed by atoms with Crippen LogP contribution < -0.4 is 5.32 Å². The van der Waals surface area contributed by atoms with Gasteiger partial charge in [-0.1, -0.05) is 42.5 Å². The lowest BCUT2D eigenvalue weighted by atomic mass is 10.0. The van der Waals surface area contributed by atoms with Crippen LogP contribution in [0.5, 0.6) is 0 Å². The number of rotatable bonds is 5. The second kappa shape index (κ2) is 6.58. The lowest BCUT2D eigenvalue weighted by Crippen LogP contribution is -2.22. The molecule has 0 spiro atoms. The van der Waals surface area contributed by atoms with Crippen molar-refractivity contribution in [2.45, 2.75) is 26.4 Å². The van der Waals surface area contributed by atoms with E-state index in [-0.39, 0.29) is 0 Å². The first kappa shape index (κ1) is 14.6. The standard InChI is InChI=1S/C18H24N2/c1-14-10-11-17(12-18(14)19-3)15(2)20(4)13-16-8-6-5-7-9-16/h5-12,15,19H,13H2,1-4H3/t15-/m1/s1. The quantitative estimate of drug-likeness (QED) is 0.873. The Kier molecular flexibility index (Phi) is 4.80. The van der Waals surface area contributed by atoms with Gasteiger partial charge in [-0.25, -0.2) is 0 Å². The fourth-order valence-corrected chi connectivity index (χ4v) is 2.43. The van der Waals surface area contributed by atoms with E-state index in [0.717, 1.165) is 6.54 Å². The van der Waals surface area contributed by atoms with Gasteiger partial charge in [0, 0.05) is 25.3 Å². The van der Waals surface area contributed by atoms with E-state index in [0.29, 0.717) is 6.04 Å². The van der Waals surface area contributed by atoms with Crippen molar-refractivity contribution in [3.8, 4) is 0 Å². The summed E-state index contributed by atoms with van der Waals surface area (Å²) in [5.74, 6) is 0. The minimum Gasteiger partial charge on any atom is -0.388 e. The summed E-state index contributed by atoms with van der Waals surface area (Å²) in [5, 5.41) is 3.26. The molecule has 0 aliphatic carbocycles.